The molecule has 0 unspecified atom stereocenters. The largest absolute Gasteiger partial charge is 0.493 e. The molecule has 3 aromatic rings. The highest BCUT2D eigenvalue weighted by Gasteiger charge is 2.43. The third-order valence-corrected chi connectivity index (χ3v) is 5.77. The lowest BCUT2D eigenvalue weighted by molar-refractivity contribution is -0.0226. The highest BCUT2D eigenvalue weighted by atomic mass is 16.5. The monoisotopic (exact) mass is 431 g/mol. The minimum absolute atomic E-state index is 0.00438. The molecule has 7 nitrogen and oxygen atoms in total. The van der Waals surface area contributed by atoms with E-state index >= 15 is 0 Å². The second-order valence-electron chi connectivity index (χ2n) is 7.55. The summed E-state index contributed by atoms with van der Waals surface area (Å²) in [5, 5.41) is 7.00. The standard InChI is InChI=1S/C25H25N3O4/c1-4-31-22-12-5-9-17-20-14-19(16-8-7-13-26-15-16)27-28(20)25(32-24(17)22)18-10-6-11-21(29-2)23(18)30-3/h5-13,15,20,25H,4,14H2,1-3H3/t20-,25-/m0/s1. The highest BCUT2D eigenvalue weighted by molar-refractivity contribution is 6.01. The van der Waals surface area contributed by atoms with Crippen LogP contribution in [0.25, 0.3) is 0 Å². The van der Waals surface area contributed by atoms with Crippen molar-refractivity contribution in [3.8, 4) is 23.0 Å². The number of para-hydroxylation sites is 2. The van der Waals surface area contributed by atoms with Crippen LogP contribution in [0, 0.1) is 0 Å². The lowest BCUT2D eigenvalue weighted by atomic mass is 9.96. The van der Waals surface area contributed by atoms with Gasteiger partial charge in [-0.25, -0.2) is 5.01 Å². The first-order valence-corrected chi connectivity index (χ1v) is 10.6. The number of hydrogen-bond donors (Lipinski definition) is 0. The van der Waals surface area contributed by atoms with Gasteiger partial charge in [0.05, 0.1) is 38.1 Å². The van der Waals surface area contributed by atoms with Crippen molar-refractivity contribution in [2.45, 2.75) is 25.6 Å². The summed E-state index contributed by atoms with van der Waals surface area (Å²) in [6, 6.07) is 15.8. The van der Waals surface area contributed by atoms with Crippen LogP contribution in [0.15, 0.2) is 66.0 Å². The summed E-state index contributed by atoms with van der Waals surface area (Å²) in [5.41, 5.74) is 3.86. The topological polar surface area (TPSA) is 65.4 Å². The number of rotatable bonds is 6. The van der Waals surface area contributed by atoms with E-state index in [0.29, 0.717) is 18.1 Å². The Labute approximate surface area is 187 Å². The molecule has 164 valence electrons. The summed E-state index contributed by atoms with van der Waals surface area (Å²) in [6.07, 6.45) is 3.84. The van der Waals surface area contributed by atoms with Crippen molar-refractivity contribution in [3.05, 3.63) is 77.6 Å². The summed E-state index contributed by atoms with van der Waals surface area (Å²) >= 11 is 0. The molecule has 0 bridgehead atoms. The van der Waals surface area contributed by atoms with Gasteiger partial charge in [0.25, 0.3) is 0 Å². The first-order valence-electron chi connectivity index (χ1n) is 10.6. The predicted molar refractivity (Wildman–Crippen MR) is 120 cm³/mol. The summed E-state index contributed by atoms with van der Waals surface area (Å²) < 4.78 is 23.7. The zero-order chi connectivity index (χ0) is 22.1. The van der Waals surface area contributed by atoms with Crippen LogP contribution in [0.3, 0.4) is 0 Å². The Hall–Kier alpha value is -3.74. The fourth-order valence-electron chi connectivity index (χ4n) is 4.37. The van der Waals surface area contributed by atoms with Gasteiger partial charge in [-0.2, -0.15) is 5.10 Å². The van der Waals surface area contributed by atoms with Crippen LogP contribution in [0.5, 0.6) is 23.0 Å². The summed E-state index contributed by atoms with van der Waals surface area (Å²) in [5.74, 6) is 2.74. The number of fused-ring (bicyclic) bond motifs is 3. The Morgan fingerprint density at radius 3 is 2.53 bits per heavy atom. The van der Waals surface area contributed by atoms with E-state index in [-0.39, 0.29) is 6.04 Å². The van der Waals surface area contributed by atoms with Crippen LogP contribution >= 0.6 is 0 Å². The second kappa shape index (κ2) is 8.42. The normalized spacial score (nSPS) is 18.8. The molecule has 2 aromatic carbocycles. The van der Waals surface area contributed by atoms with Gasteiger partial charge in [-0.3, -0.25) is 4.98 Å². The van der Waals surface area contributed by atoms with E-state index in [0.717, 1.165) is 40.3 Å². The number of methoxy groups -OCH3 is 2. The van der Waals surface area contributed by atoms with Gasteiger partial charge in [0.1, 0.15) is 0 Å². The zero-order valence-corrected chi connectivity index (χ0v) is 18.3. The number of ether oxygens (including phenoxy) is 4. The maximum atomic E-state index is 6.58. The Kier molecular flexibility index (Phi) is 5.31. The smallest absolute Gasteiger partial charge is 0.217 e. The molecule has 32 heavy (non-hydrogen) atoms. The minimum Gasteiger partial charge on any atom is -0.493 e. The summed E-state index contributed by atoms with van der Waals surface area (Å²) in [4.78, 5) is 4.27. The first-order chi connectivity index (χ1) is 15.7. The summed E-state index contributed by atoms with van der Waals surface area (Å²) in [6.45, 7) is 2.52. The van der Waals surface area contributed by atoms with Gasteiger partial charge in [0.15, 0.2) is 23.0 Å². The molecule has 2 aliphatic heterocycles. The lowest BCUT2D eigenvalue weighted by Gasteiger charge is -2.39. The van der Waals surface area contributed by atoms with Crippen molar-refractivity contribution in [1.82, 2.24) is 9.99 Å². The number of benzene rings is 2. The average Bonchev–Trinajstić information content (AvgIpc) is 3.30. The van der Waals surface area contributed by atoms with E-state index in [4.69, 9.17) is 24.0 Å². The van der Waals surface area contributed by atoms with Gasteiger partial charge < -0.3 is 18.9 Å². The van der Waals surface area contributed by atoms with Crippen molar-refractivity contribution in [2.24, 2.45) is 5.10 Å². The SMILES string of the molecule is CCOc1cccc2c1O[C@@H](c1cccc(OC)c1OC)N1N=C(c3cccnc3)C[C@@H]21. The van der Waals surface area contributed by atoms with E-state index in [2.05, 4.69) is 11.1 Å². The molecule has 0 N–H and O–H groups in total. The van der Waals surface area contributed by atoms with Crippen LogP contribution in [0.2, 0.25) is 0 Å². The van der Waals surface area contributed by atoms with Crippen molar-refractivity contribution >= 4 is 5.71 Å². The van der Waals surface area contributed by atoms with E-state index in [1.807, 2.05) is 60.6 Å². The van der Waals surface area contributed by atoms with Crippen molar-refractivity contribution < 1.29 is 18.9 Å². The third-order valence-electron chi connectivity index (χ3n) is 5.77. The zero-order valence-electron chi connectivity index (χ0n) is 18.3. The molecule has 0 amide bonds. The van der Waals surface area contributed by atoms with Crippen LogP contribution in [0.1, 0.15) is 42.3 Å². The van der Waals surface area contributed by atoms with Gasteiger partial charge in [-0.1, -0.05) is 24.3 Å². The Balaban J connectivity index is 1.66. The van der Waals surface area contributed by atoms with Gasteiger partial charge >= 0.3 is 0 Å². The quantitative estimate of drug-likeness (QED) is 0.562. The molecule has 2 atom stereocenters. The molecular weight excluding hydrogens is 406 g/mol. The van der Waals surface area contributed by atoms with Crippen LogP contribution < -0.4 is 18.9 Å². The van der Waals surface area contributed by atoms with Gasteiger partial charge in [-0.05, 0) is 31.2 Å². The van der Waals surface area contributed by atoms with Gasteiger partial charge in [0.2, 0.25) is 6.23 Å². The van der Waals surface area contributed by atoms with Crippen molar-refractivity contribution in [3.63, 3.8) is 0 Å². The molecule has 0 aliphatic carbocycles. The van der Waals surface area contributed by atoms with Crippen LogP contribution in [-0.2, 0) is 0 Å². The number of aromatic nitrogens is 1. The average molecular weight is 431 g/mol. The molecule has 7 heteroatoms. The molecule has 0 radical (unpaired) electrons. The van der Waals surface area contributed by atoms with Gasteiger partial charge in [0, 0.05) is 29.9 Å². The van der Waals surface area contributed by atoms with Crippen molar-refractivity contribution in [2.75, 3.05) is 20.8 Å². The maximum absolute atomic E-state index is 6.58. The molecule has 0 saturated heterocycles. The van der Waals surface area contributed by atoms with E-state index in [1.54, 1.807) is 20.4 Å². The number of pyridine rings is 1. The third kappa shape index (κ3) is 3.30. The molecule has 1 aromatic heterocycles. The summed E-state index contributed by atoms with van der Waals surface area (Å²) in [7, 11) is 3.26. The molecular formula is C25H25N3O4. The predicted octanol–water partition coefficient (Wildman–Crippen LogP) is 4.74. The first kappa shape index (κ1) is 20.2. The number of hydrazone groups is 1. The fraction of sp³-hybridized carbons (Fsp3) is 0.280. The second-order valence-corrected chi connectivity index (χ2v) is 7.55. The Morgan fingerprint density at radius 1 is 1.00 bits per heavy atom. The molecule has 0 fully saturated rings. The van der Waals surface area contributed by atoms with E-state index < -0.39 is 6.23 Å². The molecule has 0 saturated carbocycles. The highest BCUT2D eigenvalue weighted by Crippen LogP contribution is 2.52. The van der Waals surface area contributed by atoms with Crippen LogP contribution in [-0.4, -0.2) is 36.5 Å². The lowest BCUT2D eigenvalue weighted by Crippen LogP contribution is -2.34. The number of nitrogens with zero attached hydrogens (tertiary/aromatic N) is 3. The fourth-order valence-corrected chi connectivity index (χ4v) is 4.37. The Morgan fingerprint density at radius 2 is 1.81 bits per heavy atom. The molecule has 3 heterocycles. The van der Waals surface area contributed by atoms with Crippen LogP contribution in [0.4, 0.5) is 0 Å². The van der Waals surface area contributed by atoms with E-state index in [9.17, 15) is 0 Å². The number of hydrogen-bond acceptors (Lipinski definition) is 7. The Bertz CT molecular complexity index is 1150. The minimum atomic E-state index is -0.506. The van der Waals surface area contributed by atoms with Crippen molar-refractivity contribution in [1.29, 1.82) is 0 Å². The maximum Gasteiger partial charge on any atom is 0.217 e. The molecule has 0 spiro atoms. The van der Waals surface area contributed by atoms with E-state index in [1.165, 1.54) is 0 Å². The van der Waals surface area contributed by atoms with Gasteiger partial charge in [-0.15, -0.1) is 0 Å². The molecule has 5 rings (SSSR count). The molecule has 2 aliphatic rings.